The Labute approximate surface area is 132 Å². The lowest BCUT2D eigenvalue weighted by atomic mass is 10.0. The molecule has 1 aliphatic heterocycles. The molecule has 118 valence electrons. The summed E-state index contributed by atoms with van der Waals surface area (Å²) < 4.78 is 5.41. The molecule has 1 aliphatic rings. The number of nitrogens with zero attached hydrogens (tertiary/aromatic N) is 3. The number of ether oxygens (including phenoxy) is 1. The van der Waals surface area contributed by atoms with Gasteiger partial charge in [0.2, 0.25) is 0 Å². The van der Waals surface area contributed by atoms with Crippen molar-refractivity contribution in [1.29, 1.82) is 5.26 Å². The maximum atomic E-state index is 12.8. The molecular formula is C17H23N3O2. The summed E-state index contributed by atoms with van der Waals surface area (Å²) >= 11 is 0. The Kier molecular flexibility index (Phi) is 5.93. The van der Waals surface area contributed by atoms with Crippen molar-refractivity contribution in [3.05, 3.63) is 35.4 Å². The molecule has 1 saturated heterocycles. The molecule has 1 amide bonds. The Hall–Kier alpha value is -1.90. The Morgan fingerprint density at radius 1 is 1.23 bits per heavy atom. The fourth-order valence-corrected chi connectivity index (χ4v) is 2.61. The van der Waals surface area contributed by atoms with Crippen molar-refractivity contribution in [2.45, 2.75) is 18.9 Å². The first-order valence-corrected chi connectivity index (χ1v) is 7.65. The van der Waals surface area contributed by atoms with Gasteiger partial charge in [-0.2, -0.15) is 5.26 Å². The van der Waals surface area contributed by atoms with Gasteiger partial charge in [-0.3, -0.25) is 4.79 Å². The molecule has 1 fully saturated rings. The highest BCUT2D eigenvalue weighted by Crippen LogP contribution is 2.18. The third-order valence-electron chi connectivity index (χ3n) is 3.94. The summed E-state index contributed by atoms with van der Waals surface area (Å²) in [7, 11) is 4.02. The van der Waals surface area contributed by atoms with Gasteiger partial charge in [-0.15, -0.1) is 0 Å². The van der Waals surface area contributed by atoms with Crippen LogP contribution in [0.4, 0.5) is 0 Å². The molecule has 0 bridgehead atoms. The van der Waals surface area contributed by atoms with Gasteiger partial charge in [-0.25, -0.2) is 0 Å². The van der Waals surface area contributed by atoms with Crippen molar-refractivity contribution < 1.29 is 9.53 Å². The van der Waals surface area contributed by atoms with E-state index >= 15 is 0 Å². The number of benzene rings is 1. The molecule has 2 rings (SSSR count). The molecule has 0 aromatic heterocycles. The molecular weight excluding hydrogens is 278 g/mol. The predicted octanol–water partition coefficient (Wildman–Crippen LogP) is 1.74. The van der Waals surface area contributed by atoms with E-state index in [1.165, 1.54) is 0 Å². The van der Waals surface area contributed by atoms with Gasteiger partial charge in [0.15, 0.2) is 0 Å². The lowest BCUT2D eigenvalue weighted by molar-refractivity contribution is 0.0276. The molecule has 5 heteroatoms. The van der Waals surface area contributed by atoms with Gasteiger partial charge in [0.05, 0.1) is 11.6 Å². The topological polar surface area (TPSA) is 56.6 Å². The van der Waals surface area contributed by atoms with E-state index in [0.717, 1.165) is 19.4 Å². The van der Waals surface area contributed by atoms with Crippen LogP contribution in [0.25, 0.3) is 0 Å². The fourth-order valence-electron chi connectivity index (χ4n) is 2.61. The maximum absolute atomic E-state index is 12.8. The zero-order chi connectivity index (χ0) is 15.9. The molecule has 0 aliphatic carbocycles. The largest absolute Gasteiger partial charge is 0.381 e. The average Bonchev–Trinajstić information content (AvgIpc) is 2.55. The molecule has 0 N–H and O–H groups in total. The number of rotatable bonds is 5. The Morgan fingerprint density at radius 3 is 2.41 bits per heavy atom. The van der Waals surface area contributed by atoms with Crippen LogP contribution in [-0.2, 0) is 4.74 Å². The molecule has 0 atom stereocenters. The number of carbonyl (C=O) groups is 1. The summed E-state index contributed by atoms with van der Waals surface area (Å²) in [6.45, 7) is 2.96. The molecule has 0 saturated carbocycles. The Balaban J connectivity index is 2.14. The van der Waals surface area contributed by atoms with E-state index < -0.39 is 0 Å². The van der Waals surface area contributed by atoms with Crippen molar-refractivity contribution in [2.75, 3.05) is 40.4 Å². The Morgan fingerprint density at radius 2 is 1.86 bits per heavy atom. The molecule has 0 spiro atoms. The van der Waals surface area contributed by atoms with Gasteiger partial charge < -0.3 is 14.5 Å². The van der Waals surface area contributed by atoms with Crippen LogP contribution in [-0.4, -0.2) is 62.1 Å². The van der Waals surface area contributed by atoms with Crippen LogP contribution in [0, 0.1) is 11.3 Å². The van der Waals surface area contributed by atoms with E-state index in [4.69, 9.17) is 10.00 Å². The summed E-state index contributed by atoms with van der Waals surface area (Å²) in [5.41, 5.74) is 1.21. The molecule has 0 unspecified atom stereocenters. The van der Waals surface area contributed by atoms with Crippen molar-refractivity contribution >= 4 is 5.91 Å². The van der Waals surface area contributed by atoms with E-state index in [0.29, 0.717) is 30.9 Å². The van der Waals surface area contributed by atoms with Crippen LogP contribution >= 0.6 is 0 Å². The molecule has 22 heavy (non-hydrogen) atoms. The smallest absolute Gasteiger partial charge is 0.254 e. The van der Waals surface area contributed by atoms with Crippen molar-refractivity contribution in [3.8, 4) is 6.07 Å². The highest BCUT2D eigenvalue weighted by Gasteiger charge is 2.26. The first-order chi connectivity index (χ1) is 10.6. The van der Waals surface area contributed by atoms with Crippen molar-refractivity contribution in [1.82, 2.24) is 9.80 Å². The minimum Gasteiger partial charge on any atom is -0.381 e. The van der Waals surface area contributed by atoms with Gasteiger partial charge in [0.1, 0.15) is 0 Å². The maximum Gasteiger partial charge on any atom is 0.254 e. The quantitative estimate of drug-likeness (QED) is 0.831. The van der Waals surface area contributed by atoms with Gasteiger partial charge in [0.25, 0.3) is 5.91 Å². The minimum absolute atomic E-state index is 0.0400. The number of carbonyl (C=O) groups excluding carboxylic acids is 1. The van der Waals surface area contributed by atoms with Gasteiger partial charge in [0, 0.05) is 37.9 Å². The van der Waals surface area contributed by atoms with Gasteiger partial charge >= 0.3 is 0 Å². The van der Waals surface area contributed by atoms with E-state index in [9.17, 15) is 4.79 Å². The summed E-state index contributed by atoms with van der Waals surface area (Å²) in [6.07, 6.45) is 1.77. The number of likely N-dealkylation sites (N-methyl/N-ethyl adjacent to an activating group) is 1. The molecule has 5 nitrogen and oxygen atoms in total. The molecule has 1 heterocycles. The van der Waals surface area contributed by atoms with Gasteiger partial charge in [-0.05, 0) is 51.2 Å². The predicted molar refractivity (Wildman–Crippen MR) is 84.6 cm³/mol. The zero-order valence-electron chi connectivity index (χ0n) is 13.3. The third-order valence-corrected chi connectivity index (χ3v) is 3.94. The summed E-state index contributed by atoms with van der Waals surface area (Å²) in [5.74, 6) is 0.0400. The number of hydrogen-bond acceptors (Lipinski definition) is 4. The van der Waals surface area contributed by atoms with Crippen LogP contribution in [0.1, 0.15) is 28.8 Å². The highest BCUT2D eigenvalue weighted by atomic mass is 16.5. The lowest BCUT2D eigenvalue weighted by Crippen LogP contribution is -2.46. The summed E-state index contributed by atoms with van der Waals surface area (Å²) in [5, 5.41) is 8.86. The second-order valence-corrected chi connectivity index (χ2v) is 5.83. The van der Waals surface area contributed by atoms with Crippen LogP contribution in [0.5, 0.6) is 0 Å². The van der Waals surface area contributed by atoms with Crippen molar-refractivity contribution in [2.24, 2.45) is 0 Å². The van der Waals surface area contributed by atoms with Crippen LogP contribution in [0.15, 0.2) is 24.3 Å². The van der Waals surface area contributed by atoms with Crippen LogP contribution in [0.2, 0.25) is 0 Å². The second kappa shape index (κ2) is 7.92. The van der Waals surface area contributed by atoms with Crippen LogP contribution < -0.4 is 0 Å². The van der Waals surface area contributed by atoms with E-state index in [-0.39, 0.29) is 11.9 Å². The third kappa shape index (κ3) is 4.30. The fraction of sp³-hybridized carbons (Fsp3) is 0.529. The second-order valence-electron chi connectivity index (χ2n) is 5.83. The average molecular weight is 301 g/mol. The first-order valence-electron chi connectivity index (χ1n) is 7.65. The summed E-state index contributed by atoms with van der Waals surface area (Å²) in [4.78, 5) is 16.9. The molecule has 0 radical (unpaired) electrons. The van der Waals surface area contributed by atoms with Crippen molar-refractivity contribution in [3.63, 3.8) is 0 Å². The minimum atomic E-state index is 0.0400. The van der Waals surface area contributed by atoms with E-state index in [1.807, 2.05) is 19.0 Å². The highest BCUT2D eigenvalue weighted by molar-refractivity contribution is 5.94. The number of amides is 1. The summed E-state index contributed by atoms with van der Waals surface area (Å²) in [6, 6.07) is 9.18. The first kappa shape index (κ1) is 16.5. The zero-order valence-corrected chi connectivity index (χ0v) is 13.3. The SMILES string of the molecule is CN(C)CCN(C(=O)c1ccc(C#N)cc1)C1CCOCC1. The number of hydrogen-bond donors (Lipinski definition) is 0. The number of nitriles is 1. The van der Waals surface area contributed by atoms with Gasteiger partial charge in [-0.1, -0.05) is 0 Å². The van der Waals surface area contributed by atoms with E-state index in [1.54, 1.807) is 24.3 Å². The Bertz CT molecular complexity index is 528. The molecule has 1 aromatic carbocycles. The lowest BCUT2D eigenvalue weighted by Gasteiger charge is -2.35. The standard InChI is InChI=1S/C17H23N3O2/c1-19(2)9-10-20(16-7-11-22-12-8-16)17(21)15-5-3-14(13-18)4-6-15/h3-6,16H,7-12H2,1-2H3. The monoisotopic (exact) mass is 301 g/mol. The van der Waals surface area contributed by atoms with E-state index in [2.05, 4.69) is 11.0 Å². The normalized spacial score (nSPS) is 15.5. The van der Waals surface area contributed by atoms with Crippen LogP contribution in [0.3, 0.4) is 0 Å². The molecule has 1 aromatic rings.